The molecule has 0 saturated heterocycles. The van der Waals surface area contributed by atoms with Crippen molar-refractivity contribution in [2.75, 3.05) is 13.1 Å². The SMILES string of the molecule is NCC1CCCC(CN2C=c3ccccc3=NC2c2cccc3ccccc23)C1. The van der Waals surface area contributed by atoms with Gasteiger partial charge in [-0.1, -0.05) is 67.1 Å². The Morgan fingerprint density at radius 2 is 1.69 bits per heavy atom. The monoisotopic (exact) mass is 383 g/mol. The number of hydrogen-bond donors (Lipinski definition) is 1. The summed E-state index contributed by atoms with van der Waals surface area (Å²) in [4.78, 5) is 7.70. The molecule has 3 aromatic rings. The summed E-state index contributed by atoms with van der Waals surface area (Å²) in [6.07, 6.45) is 7.48. The van der Waals surface area contributed by atoms with Crippen LogP contribution in [0.15, 0.2) is 71.7 Å². The van der Waals surface area contributed by atoms with Crippen molar-refractivity contribution in [3.63, 3.8) is 0 Å². The summed E-state index contributed by atoms with van der Waals surface area (Å²) < 4.78 is 0. The fourth-order valence-corrected chi connectivity index (χ4v) is 5.13. The summed E-state index contributed by atoms with van der Waals surface area (Å²) >= 11 is 0. The Morgan fingerprint density at radius 3 is 2.62 bits per heavy atom. The van der Waals surface area contributed by atoms with Crippen molar-refractivity contribution >= 4 is 17.0 Å². The molecule has 3 heteroatoms. The number of benzene rings is 3. The zero-order valence-corrected chi connectivity index (χ0v) is 16.9. The van der Waals surface area contributed by atoms with E-state index in [0.29, 0.717) is 11.8 Å². The lowest BCUT2D eigenvalue weighted by atomic mass is 9.81. The van der Waals surface area contributed by atoms with E-state index in [-0.39, 0.29) is 6.17 Å². The van der Waals surface area contributed by atoms with E-state index in [9.17, 15) is 0 Å². The first kappa shape index (κ1) is 18.4. The van der Waals surface area contributed by atoms with Gasteiger partial charge in [0.2, 0.25) is 0 Å². The summed E-state index contributed by atoms with van der Waals surface area (Å²) in [5.74, 6) is 1.37. The minimum Gasteiger partial charge on any atom is -0.351 e. The molecule has 1 aliphatic carbocycles. The predicted octanol–water partition coefficient (Wildman–Crippen LogP) is 3.98. The number of nitrogens with zero attached hydrogens (tertiary/aromatic N) is 2. The van der Waals surface area contributed by atoms with Gasteiger partial charge < -0.3 is 10.6 Å². The summed E-state index contributed by atoms with van der Waals surface area (Å²) in [7, 11) is 0. The van der Waals surface area contributed by atoms with Crippen LogP contribution in [0.2, 0.25) is 0 Å². The van der Waals surface area contributed by atoms with E-state index in [1.165, 1.54) is 47.2 Å². The van der Waals surface area contributed by atoms with Crippen LogP contribution in [0, 0.1) is 11.8 Å². The highest BCUT2D eigenvalue weighted by Gasteiger charge is 2.27. The maximum atomic E-state index is 6.00. The summed E-state index contributed by atoms with van der Waals surface area (Å²) in [5.41, 5.74) is 7.29. The first-order chi connectivity index (χ1) is 14.3. The first-order valence-electron chi connectivity index (χ1n) is 10.9. The lowest BCUT2D eigenvalue weighted by Gasteiger charge is -2.36. The molecular formula is C26H29N3. The quantitative estimate of drug-likeness (QED) is 0.740. The van der Waals surface area contributed by atoms with Crippen LogP contribution in [-0.4, -0.2) is 18.0 Å². The Hall–Kier alpha value is -2.65. The Balaban J connectivity index is 1.56. The Kier molecular flexibility index (Phi) is 5.07. The Bertz CT molecular complexity index is 1110. The maximum absolute atomic E-state index is 6.00. The average Bonchev–Trinajstić information content (AvgIpc) is 2.78. The molecule has 3 atom stereocenters. The molecule has 0 spiro atoms. The van der Waals surface area contributed by atoms with Crippen molar-refractivity contribution in [1.82, 2.24) is 4.90 Å². The van der Waals surface area contributed by atoms with Crippen molar-refractivity contribution < 1.29 is 0 Å². The molecule has 0 bridgehead atoms. The van der Waals surface area contributed by atoms with Gasteiger partial charge in [-0.25, -0.2) is 0 Å². The second-order valence-electron chi connectivity index (χ2n) is 8.59. The molecule has 3 aromatic carbocycles. The minimum absolute atomic E-state index is 0.0225. The van der Waals surface area contributed by atoms with Gasteiger partial charge in [0.05, 0.1) is 5.36 Å². The molecule has 0 radical (unpaired) electrons. The summed E-state index contributed by atoms with van der Waals surface area (Å²) in [6.45, 7) is 1.86. The van der Waals surface area contributed by atoms with Crippen LogP contribution >= 0.6 is 0 Å². The number of rotatable bonds is 4. The van der Waals surface area contributed by atoms with Gasteiger partial charge in [-0.05, 0) is 54.5 Å². The van der Waals surface area contributed by atoms with E-state index < -0.39 is 0 Å². The van der Waals surface area contributed by atoms with Crippen molar-refractivity contribution in [2.45, 2.75) is 31.8 Å². The molecule has 2 N–H and O–H groups in total. The lowest BCUT2D eigenvalue weighted by Crippen LogP contribution is -2.40. The molecule has 1 saturated carbocycles. The molecule has 0 aromatic heterocycles. The largest absolute Gasteiger partial charge is 0.351 e. The number of nitrogens with two attached hydrogens (primary N) is 1. The number of para-hydroxylation sites is 1. The van der Waals surface area contributed by atoms with Crippen LogP contribution in [0.5, 0.6) is 0 Å². The first-order valence-corrected chi connectivity index (χ1v) is 10.9. The van der Waals surface area contributed by atoms with Crippen molar-refractivity contribution in [3.05, 3.63) is 82.9 Å². The van der Waals surface area contributed by atoms with Gasteiger partial charge >= 0.3 is 0 Å². The molecule has 1 fully saturated rings. The van der Waals surface area contributed by atoms with Gasteiger partial charge in [-0.15, -0.1) is 0 Å². The van der Waals surface area contributed by atoms with Crippen LogP contribution < -0.4 is 16.3 Å². The second kappa shape index (κ2) is 8.00. The second-order valence-corrected chi connectivity index (χ2v) is 8.59. The van der Waals surface area contributed by atoms with E-state index >= 15 is 0 Å². The number of fused-ring (bicyclic) bond motifs is 2. The van der Waals surface area contributed by atoms with Crippen LogP contribution in [0.4, 0.5) is 0 Å². The molecule has 148 valence electrons. The third kappa shape index (κ3) is 3.67. The molecule has 1 aliphatic heterocycles. The van der Waals surface area contributed by atoms with E-state index in [0.717, 1.165) is 18.4 Å². The normalized spacial score (nSPS) is 23.9. The fraction of sp³-hybridized carbons (Fsp3) is 0.346. The zero-order valence-electron chi connectivity index (χ0n) is 16.9. The van der Waals surface area contributed by atoms with E-state index in [4.69, 9.17) is 10.7 Å². The maximum Gasteiger partial charge on any atom is 0.148 e. The average molecular weight is 384 g/mol. The molecule has 2 aliphatic rings. The molecule has 1 heterocycles. The smallest absolute Gasteiger partial charge is 0.148 e. The third-order valence-electron chi connectivity index (χ3n) is 6.61. The van der Waals surface area contributed by atoms with Crippen molar-refractivity contribution in [1.29, 1.82) is 0 Å². The summed E-state index contributed by atoms with van der Waals surface area (Å²) in [5, 5.41) is 4.88. The van der Waals surface area contributed by atoms with Gasteiger partial charge in [0.15, 0.2) is 0 Å². The molecule has 29 heavy (non-hydrogen) atoms. The third-order valence-corrected chi connectivity index (χ3v) is 6.61. The fourth-order valence-electron chi connectivity index (χ4n) is 5.13. The highest BCUT2D eigenvalue weighted by atomic mass is 15.2. The van der Waals surface area contributed by atoms with Gasteiger partial charge in [-0.2, -0.15) is 0 Å². The standard InChI is InChI=1S/C26H29N3/c27-16-19-7-5-8-20(15-19)17-29-18-22-10-2-4-14-25(22)28-26(29)24-13-6-11-21-9-1-3-12-23(21)24/h1-4,6,9-14,18-20,26H,5,7-8,15-17,27H2. The highest BCUT2D eigenvalue weighted by molar-refractivity contribution is 5.86. The van der Waals surface area contributed by atoms with Gasteiger partial charge in [0, 0.05) is 23.5 Å². The van der Waals surface area contributed by atoms with Crippen LogP contribution in [0.3, 0.4) is 0 Å². The molecule has 5 rings (SSSR count). The molecule has 3 nitrogen and oxygen atoms in total. The predicted molar refractivity (Wildman–Crippen MR) is 120 cm³/mol. The minimum atomic E-state index is 0.0225. The Labute approximate surface area is 172 Å². The van der Waals surface area contributed by atoms with Gasteiger partial charge in [0.25, 0.3) is 0 Å². The van der Waals surface area contributed by atoms with Gasteiger partial charge in [0.1, 0.15) is 6.17 Å². The van der Waals surface area contributed by atoms with E-state index in [1.807, 2.05) is 0 Å². The zero-order chi connectivity index (χ0) is 19.6. The van der Waals surface area contributed by atoms with Gasteiger partial charge in [-0.3, -0.25) is 4.99 Å². The lowest BCUT2D eigenvalue weighted by molar-refractivity contribution is 0.194. The van der Waals surface area contributed by atoms with Crippen LogP contribution in [-0.2, 0) is 0 Å². The highest BCUT2D eigenvalue weighted by Crippen LogP contribution is 2.34. The van der Waals surface area contributed by atoms with Crippen LogP contribution in [0.25, 0.3) is 17.0 Å². The van der Waals surface area contributed by atoms with E-state index in [1.54, 1.807) is 0 Å². The number of hydrogen-bond acceptors (Lipinski definition) is 3. The van der Waals surface area contributed by atoms with Crippen molar-refractivity contribution in [3.8, 4) is 0 Å². The van der Waals surface area contributed by atoms with E-state index in [2.05, 4.69) is 77.8 Å². The molecular weight excluding hydrogens is 354 g/mol. The summed E-state index contributed by atoms with van der Waals surface area (Å²) in [6, 6.07) is 23.7. The Morgan fingerprint density at radius 1 is 0.897 bits per heavy atom. The topological polar surface area (TPSA) is 41.6 Å². The van der Waals surface area contributed by atoms with Crippen molar-refractivity contribution in [2.24, 2.45) is 22.6 Å². The van der Waals surface area contributed by atoms with Crippen LogP contribution in [0.1, 0.15) is 37.4 Å². The molecule has 0 amide bonds. The molecule has 3 unspecified atom stereocenters.